The molecule has 0 aliphatic carbocycles. The van der Waals surface area contributed by atoms with E-state index in [4.69, 9.17) is 12.8 Å². The number of hydrogen-bond acceptors (Lipinski definition) is 5. The van der Waals surface area contributed by atoms with E-state index in [1.807, 2.05) is 20.8 Å². The molecule has 0 aromatic rings. The van der Waals surface area contributed by atoms with Crippen LogP contribution in [0.25, 0.3) is 0 Å². The molecule has 0 unspecified atom stereocenters. The van der Waals surface area contributed by atoms with Crippen molar-refractivity contribution < 1.29 is 19.1 Å². The number of nitrogens with one attached hydrogen (secondary N) is 1. The summed E-state index contributed by atoms with van der Waals surface area (Å²) in [7, 11) is 1.24. The number of nitrogens with zero attached hydrogens (tertiary/aromatic N) is 2. The number of carbonyl (C=O) groups is 3. The average Bonchev–Trinajstić information content (AvgIpc) is 2.58. The fraction of sp³-hybridized carbons (Fsp3) is 0.632. The molecule has 7 heteroatoms. The van der Waals surface area contributed by atoms with Gasteiger partial charge >= 0.3 is 5.97 Å². The van der Waals surface area contributed by atoms with E-state index in [0.717, 1.165) is 0 Å². The Morgan fingerprint density at radius 1 is 1.08 bits per heavy atom. The molecule has 0 aliphatic rings. The summed E-state index contributed by atoms with van der Waals surface area (Å²) in [6, 6.07) is 0. The lowest BCUT2D eigenvalue weighted by Crippen LogP contribution is -2.49. The van der Waals surface area contributed by atoms with Gasteiger partial charge in [-0.25, -0.2) is 0 Å². The van der Waals surface area contributed by atoms with Gasteiger partial charge in [-0.3, -0.25) is 14.4 Å². The Balaban J connectivity index is 5.04. The number of amides is 2. The molecule has 0 fully saturated rings. The predicted molar refractivity (Wildman–Crippen MR) is 99.8 cm³/mol. The van der Waals surface area contributed by atoms with Crippen LogP contribution in [0.3, 0.4) is 0 Å². The molecule has 0 radical (unpaired) electrons. The highest BCUT2D eigenvalue weighted by Gasteiger charge is 2.27. The Bertz CT molecular complexity index is 572. The first-order valence-corrected chi connectivity index (χ1v) is 8.45. The van der Waals surface area contributed by atoms with Crippen LogP contribution in [0.2, 0.25) is 0 Å². The highest BCUT2D eigenvalue weighted by molar-refractivity contribution is 5.87. The number of methoxy groups -OCH3 is 1. The molecule has 0 heterocycles. The van der Waals surface area contributed by atoms with Crippen molar-refractivity contribution in [3.8, 4) is 24.7 Å². The zero-order valence-electron chi connectivity index (χ0n) is 16.1. The topological polar surface area (TPSA) is 79.0 Å². The van der Waals surface area contributed by atoms with Gasteiger partial charge in [0.15, 0.2) is 0 Å². The molecule has 26 heavy (non-hydrogen) atoms. The Morgan fingerprint density at radius 2 is 1.73 bits per heavy atom. The molecule has 0 atom stereocenters. The minimum atomic E-state index is -0.568. The molecule has 0 rings (SSSR count). The van der Waals surface area contributed by atoms with Gasteiger partial charge in [0, 0.05) is 18.5 Å². The van der Waals surface area contributed by atoms with Crippen LogP contribution in [0.1, 0.15) is 33.6 Å². The summed E-state index contributed by atoms with van der Waals surface area (Å²) in [6.07, 6.45) is 11.4. The monoisotopic (exact) mass is 363 g/mol. The van der Waals surface area contributed by atoms with E-state index in [1.165, 1.54) is 16.9 Å². The summed E-state index contributed by atoms with van der Waals surface area (Å²) < 4.78 is 4.57. The lowest BCUT2D eigenvalue weighted by molar-refractivity contribution is -0.148. The van der Waals surface area contributed by atoms with E-state index in [2.05, 4.69) is 21.9 Å². The molecule has 0 aromatic carbocycles. The van der Waals surface area contributed by atoms with Crippen LogP contribution >= 0.6 is 0 Å². The molecular formula is C19H29N3O4. The second-order valence-electron chi connectivity index (χ2n) is 6.46. The fourth-order valence-electron chi connectivity index (χ4n) is 2.23. The van der Waals surface area contributed by atoms with Crippen molar-refractivity contribution in [1.82, 2.24) is 15.1 Å². The lowest BCUT2D eigenvalue weighted by Gasteiger charge is -2.30. The van der Waals surface area contributed by atoms with E-state index in [1.54, 1.807) is 0 Å². The summed E-state index contributed by atoms with van der Waals surface area (Å²) in [5.41, 5.74) is -0.497. The molecule has 2 amide bonds. The maximum absolute atomic E-state index is 12.6. The van der Waals surface area contributed by atoms with Crippen molar-refractivity contribution in [3.05, 3.63) is 0 Å². The fourth-order valence-corrected chi connectivity index (χ4v) is 2.23. The zero-order chi connectivity index (χ0) is 20.2. The van der Waals surface area contributed by atoms with Gasteiger partial charge in [-0.2, -0.15) is 0 Å². The van der Waals surface area contributed by atoms with Crippen LogP contribution < -0.4 is 5.32 Å². The van der Waals surface area contributed by atoms with Crippen LogP contribution in [0.5, 0.6) is 0 Å². The summed E-state index contributed by atoms with van der Waals surface area (Å²) in [6.45, 7) is 6.02. The van der Waals surface area contributed by atoms with Crippen molar-refractivity contribution >= 4 is 17.8 Å². The summed E-state index contributed by atoms with van der Waals surface area (Å²) in [4.78, 5) is 39.3. The van der Waals surface area contributed by atoms with Gasteiger partial charge < -0.3 is 19.9 Å². The number of rotatable bonds is 11. The van der Waals surface area contributed by atoms with E-state index in [-0.39, 0.29) is 32.0 Å². The molecule has 1 N–H and O–H groups in total. The minimum Gasteiger partial charge on any atom is -0.468 e. The van der Waals surface area contributed by atoms with Crippen LogP contribution in [0.15, 0.2) is 0 Å². The Labute approximate surface area is 156 Å². The maximum Gasteiger partial charge on any atom is 0.325 e. The third-order valence-corrected chi connectivity index (χ3v) is 3.62. The molecule has 144 valence electrons. The summed E-state index contributed by atoms with van der Waals surface area (Å²) in [5.74, 6) is 3.68. The largest absolute Gasteiger partial charge is 0.468 e. The quantitative estimate of drug-likeness (QED) is 0.421. The Morgan fingerprint density at radius 3 is 2.23 bits per heavy atom. The van der Waals surface area contributed by atoms with E-state index >= 15 is 0 Å². The zero-order valence-corrected chi connectivity index (χ0v) is 16.1. The maximum atomic E-state index is 12.6. The smallest absolute Gasteiger partial charge is 0.325 e. The van der Waals surface area contributed by atoms with Crippen LogP contribution in [0.4, 0.5) is 0 Å². The molecule has 0 bridgehead atoms. The second kappa shape index (κ2) is 11.9. The minimum absolute atomic E-state index is 0.0304. The van der Waals surface area contributed by atoms with Gasteiger partial charge in [0.25, 0.3) is 0 Å². The van der Waals surface area contributed by atoms with Gasteiger partial charge in [-0.15, -0.1) is 12.8 Å². The molecule has 7 nitrogen and oxygen atoms in total. The molecular weight excluding hydrogens is 334 g/mol. The van der Waals surface area contributed by atoms with Crippen molar-refractivity contribution in [1.29, 1.82) is 0 Å². The Kier molecular flexibility index (Phi) is 10.8. The standard InChI is InChI=1S/C19H29N3O4/c1-7-10-20-19(4,5)13-16(23)21(11-8-2)14-17(24)22(12-9-3)15-18(25)26-6/h1,3,20H,8,10-15H2,2,4-6H3. The van der Waals surface area contributed by atoms with Crippen molar-refractivity contribution in [2.24, 2.45) is 0 Å². The lowest BCUT2D eigenvalue weighted by atomic mass is 9.99. The first-order chi connectivity index (χ1) is 12.2. The number of terminal acetylenes is 2. The van der Waals surface area contributed by atoms with Crippen molar-refractivity contribution in [2.45, 2.75) is 39.2 Å². The summed E-state index contributed by atoms with van der Waals surface area (Å²) in [5, 5.41) is 3.10. The van der Waals surface area contributed by atoms with Gasteiger partial charge in [0.2, 0.25) is 11.8 Å². The molecule has 0 aromatic heterocycles. The van der Waals surface area contributed by atoms with Gasteiger partial charge in [0.1, 0.15) is 6.54 Å². The SMILES string of the molecule is C#CCNC(C)(C)CC(=O)N(CCC)CC(=O)N(CC#C)CC(=O)OC. The van der Waals surface area contributed by atoms with Crippen LogP contribution in [-0.2, 0) is 19.1 Å². The first-order valence-electron chi connectivity index (χ1n) is 8.45. The third kappa shape index (κ3) is 9.10. The molecule has 0 spiro atoms. The second-order valence-corrected chi connectivity index (χ2v) is 6.46. The average molecular weight is 363 g/mol. The normalized spacial score (nSPS) is 10.4. The number of carbonyl (C=O) groups excluding carboxylic acids is 3. The van der Waals surface area contributed by atoms with Crippen LogP contribution in [-0.4, -0.2) is 73.0 Å². The predicted octanol–water partition coefficient (Wildman–Crippen LogP) is 0.251. The molecule has 0 saturated heterocycles. The third-order valence-electron chi connectivity index (χ3n) is 3.62. The molecule has 0 saturated carbocycles. The first kappa shape index (κ1) is 23.5. The number of hydrogen-bond donors (Lipinski definition) is 1. The van der Waals surface area contributed by atoms with E-state index < -0.39 is 17.4 Å². The van der Waals surface area contributed by atoms with Gasteiger partial charge in [-0.1, -0.05) is 18.8 Å². The van der Waals surface area contributed by atoms with Crippen molar-refractivity contribution in [3.63, 3.8) is 0 Å². The number of esters is 1. The molecule has 0 aliphatic heterocycles. The summed E-state index contributed by atoms with van der Waals surface area (Å²) >= 11 is 0. The van der Waals surface area contributed by atoms with E-state index in [9.17, 15) is 14.4 Å². The Hall–Kier alpha value is -2.51. The highest BCUT2D eigenvalue weighted by atomic mass is 16.5. The van der Waals surface area contributed by atoms with Crippen molar-refractivity contribution in [2.75, 3.05) is 39.8 Å². The van der Waals surface area contributed by atoms with E-state index in [0.29, 0.717) is 19.5 Å². The van der Waals surface area contributed by atoms with Gasteiger partial charge in [-0.05, 0) is 20.3 Å². The number of ether oxygens (including phenoxy) is 1. The van der Waals surface area contributed by atoms with Crippen LogP contribution in [0, 0.1) is 24.7 Å². The van der Waals surface area contributed by atoms with Gasteiger partial charge in [0.05, 0.1) is 26.7 Å². The highest BCUT2D eigenvalue weighted by Crippen LogP contribution is 2.11.